The van der Waals surface area contributed by atoms with Gasteiger partial charge in [0, 0.05) is 24.4 Å². The number of nitrogens with zero attached hydrogens (tertiary/aromatic N) is 3. The highest BCUT2D eigenvalue weighted by Gasteiger charge is 2.19. The summed E-state index contributed by atoms with van der Waals surface area (Å²) in [7, 11) is 2.01. The average Bonchev–Trinajstić information content (AvgIpc) is 2.80. The van der Waals surface area contributed by atoms with Crippen LogP contribution in [0.3, 0.4) is 0 Å². The van der Waals surface area contributed by atoms with E-state index in [9.17, 15) is 0 Å². The van der Waals surface area contributed by atoms with E-state index in [1.165, 1.54) is 0 Å². The van der Waals surface area contributed by atoms with E-state index in [1.807, 2.05) is 18.8 Å². The van der Waals surface area contributed by atoms with Crippen LogP contribution in [0.2, 0.25) is 0 Å². The first-order chi connectivity index (χ1) is 8.87. The van der Waals surface area contributed by atoms with Crippen molar-refractivity contribution < 1.29 is 4.42 Å². The lowest BCUT2D eigenvalue weighted by molar-refractivity contribution is 0.379. The lowest BCUT2D eigenvalue weighted by Gasteiger charge is -2.24. The molecule has 0 aliphatic rings. The molecule has 1 atom stereocenters. The zero-order valence-corrected chi connectivity index (χ0v) is 13.7. The number of anilines is 1. The summed E-state index contributed by atoms with van der Waals surface area (Å²) in [5.74, 6) is 1.70. The molecule has 1 aromatic heterocycles. The Morgan fingerprint density at radius 3 is 2.58 bits per heavy atom. The van der Waals surface area contributed by atoms with E-state index >= 15 is 0 Å². The Morgan fingerprint density at radius 1 is 1.37 bits per heavy atom. The van der Waals surface area contributed by atoms with E-state index in [2.05, 4.69) is 54.4 Å². The minimum atomic E-state index is 0.0470. The number of thioether (sulfide) groups is 1. The van der Waals surface area contributed by atoms with Gasteiger partial charge in [-0.3, -0.25) is 0 Å². The molecule has 0 bridgehead atoms. The van der Waals surface area contributed by atoms with Gasteiger partial charge in [0.05, 0.1) is 6.54 Å². The van der Waals surface area contributed by atoms with Crippen molar-refractivity contribution in [3.05, 3.63) is 5.89 Å². The van der Waals surface area contributed by atoms with Crippen LogP contribution in [-0.2, 0) is 6.54 Å². The fourth-order valence-corrected chi connectivity index (χ4v) is 2.50. The fourth-order valence-electron chi connectivity index (χ4n) is 1.65. The summed E-state index contributed by atoms with van der Waals surface area (Å²) in [6, 6.07) is 1.03. The van der Waals surface area contributed by atoms with Crippen LogP contribution < -0.4 is 10.2 Å². The maximum absolute atomic E-state index is 5.70. The first kappa shape index (κ1) is 16.3. The van der Waals surface area contributed by atoms with Crippen LogP contribution in [-0.4, -0.2) is 40.8 Å². The van der Waals surface area contributed by atoms with E-state index in [1.54, 1.807) is 0 Å². The van der Waals surface area contributed by atoms with Gasteiger partial charge in [-0.2, -0.15) is 11.8 Å². The summed E-state index contributed by atoms with van der Waals surface area (Å²) >= 11 is 1.83. The second kappa shape index (κ2) is 7.14. The summed E-state index contributed by atoms with van der Waals surface area (Å²) < 4.78 is 5.70. The SMILES string of the molecule is CCC(CSC)N(C)c1nnc(CNC(C)(C)C)o1. The molecule has 0 amide bonds. The van der Waals surface area contributed by atoms with Crippen molar-refractivity contribution in [2.45, 2.75) is 52.2 Å². The summed E-state index contributed by atoms with van der Waals surface area (Å²) in [6.45, 7) is 9.12. The van der Waals surface area contributed by atoms with Gasteiger partial charge >= 0.3 is 6.01 Å². The molecule has 1 rings (SSSR count). The fraction of sp³-hybridized carbons (Fsp3) is 0.846. The third-order valence-corrected chi connectivity index (χ3v) is 3.62. The second-order valence-electron chi connectivity index (χ2n) is 5.71. The van der Waals surface area contributed by atoms with Gasteiger partial charge in [0.25, 0.3) is 0 Å². The average molecular weight is 286 g/mol. The zero-order chi connectivity index (χ0) is 14.5. The number of aromatic nitrogens is 2. The van der Waals surface area contributed by atoms with E-state index < -0.39 is 0 Å². The molecule has 1 aromatic rings. The minimum Gasteiger partial charge on any atom is -0.407 e. The molecule has 0 aliphatic carbocycles. The highest BCUT2D eigenvalue weighted by molar-refractivity contribution is 7.98. The van der Waals surface area contributed by atoms with Crippen molar-refractivity contribution in [3.8, 4) is 0 Å². The molecular formula is C13H26N4OS. The van der Waals surface area contributed by atoms with E-state index in [4.69, 9.17) is 4.42 Å². The third-order valence-electron chi connectivity index (χ3n) is 2.91. The molecule has 6 heteroatoms. The Kier molecular flexibility index (Phi) is 6.13. The van der Waals surface area contributed by atoms with E-state index in [0.717, 1.165) is 12.2 Å². The van der Waals surface area contributed by atoms with Crippen LogP contribution >= 0.6 is 11.8 Å². The van der Waals surface area contributed by atoms with Gasteiger partial charge < -0.3 is 14.6 Å². The topological polar surface area (TPSA) is 54.2 Å². The third kappa shape index (κ3) is 5.40. The van der Waals surface area contributed by atoms with Crippen LogP contribution in [0.15, 0.2) is 4.42 Å². The molecule has 0 spiro atoms. The van der Waals surface area contributed by atoms with Gasteiger partial charge in [-0.25, -0.2) is 0 Å². The first-order valence-electron chi connectivity index (χ1n) is 6.66. The van der Waals surface area contributed by atoms with Crippen molar-refractivity contribution in [3.63, 3.8) is 0 Å². The monoisotopic (exact) mass is 286 g/mol. The normalized spacial score (nSPS) is 13.6. The van der Waals surface area contributed by atoms with Crippen molar-refractivity contribution in [1.82, 2.24) is 15.5 Å². The Balaban J connectivity index is 2.62. The molecule has 0 aliphatic heterocycles. The van der Waals surface area contributed by atoms with Crippen LogP contribution in [0, 0.1) is 0 Å². The Labute approximate surface area is 120 Å². The lowest BCUT2D eigenvalue weighted by Crippen LogP contribution is -2.35. The minimum absolute atomic E-state index is 0.0470. The maximum atomic E-state index is 5.70. The Hall–Kier alpha value is -0.750. The second-order valence-corrected chi connectivity index (χ2v) is 6.62. The molecule has 0 saturated heterocycles. The van der Waals surface area contributed by atoms with Gasteiger partial charge in [0.1, 0.15) is 0 Å². The van der Waals surface area contributed by atoms with Gasteiger partial charge in [-0.1, -0.05) is 12.0 Å². The molecule has 0 saturated carbocycles. The quantitative estimate of drug-likeness (QED) is 0.831. The van der Waals surface area contributed by atoms with Crippen molar-refractivity contribution in [1.29, 1.82) is 0 Å². The summed E-state index contributed by atoms with van der Waals surface area (Å²) in [5.41, 5.74) is 0.0470. The van der Waals surface area contributed by atoms with Crippen LogP contribution in [0.5, 0.6) is 0 Å². The molecule has 1 N–H and O–H groups in total. The maximum Gasteiger partial charge on any atom is 0.318 e. The molecule has 19 heavy (non-hydrogen) atoms. The molecule has 5 nitrogen and oxygen atoms in total. The van der Waals surface area contributed by atoms with Crippen molar-refractivity contribution >= 4 is 17.8 Å². The molecule has 0 fully saturated rings. The smallest absolute Gasteiger partial charge is 0.318 e. The Morgan fingerprint density at radius 2 is 2.05 bits per heavy atom. The summed E-state index contributed by atoms with van der Waals surface area (Å²) in [4.78, 5) is 2.07. The van der Waals surface area contributed by atoms with Crippen molar-refractivity contribution in [2.24, 2.45) is 0 Å². The van der Waals surface area contributed by atoms with Crippen molar-refractivity contribution in [2.75, 3.05) is 24.0 Å². The number of rotatable bonds is 7. The Bertz CT molecular complexity index is 375. The molecular weight excluding hydrogens is 260 g/mol. The summed E-state index contributed by atoms with van der Waals surface area (Å²) in [6.07, 6.45) is 3.18. The largest absolute Gasteiger partial charge is 0.407 e. The van der Waals surface area contributed by atoms with E-state index in [0.29, 0.717) is 24.5 Å². The lowest BCUT2D eigenvalue weighted by atomic mass is 10.1. The zero-order valence-electron chi connectivity index (χ0n) is 12.9. The number of hydrogen-bond acceptors (Lipinski definition) is 6. The number of nitrogens with one attached hydrogen (secondary N) is 1. The van der Waals surface area contributed by atoms with Gasteiger partial charge in [-0.05, 0) is 33.4 Å². The van der Waals surface area contributed by atoms with Crippen LogP contribution in [0.25, 0.3) is 0 Å². The molecule has 1 unspecified atom stereocenters. The number of hydrogen-bond donors (Lipinski definition) is 1. The predicted molar refractivity (Wildman–Crippen MR) is 81.8 cm³/mol. The van der Waals surface area contributed by atoms with Gasteiger partial charge in [-0.15, -0.1) is 5.10 Å². The predicted octanol–water partition coefficient (Wildman–Crippen LogP) is 2.54. The first-order valence-corrected chi connectivity index (χ1v) is 8.06. The highest BCUT2D eigenvalue weighted by Crippen LogP contribution is 2.17. The summed E-state index contributed by atoms with van der Waals surface area (Å²) in [5, 5.41) is 11.6. The van der Waals surface area contributed by atoms with E-state index in [-0.39, 0.29) is 5.54 Å². The standard InChI is InChI=1S/C13H26N4OS/c1-7-10(9-19-6)17(5)12-16-15-11(18-12)8-14-13(2,3)4/h10,14H,7-9H2,1-6H3. The molecule has 110 valence electrons. The molecule has 0 aromatic carbocycles. The molecule has 1 heterocycles. The molecule has 0 radical (unpaired) electrons. The van der Waals surface area contributed by atoms with Crippen LogP contribution in [0.4, 0.5) is 6.01 Å². The van der Waals surface area contributed by atoms with Gasteiger partial charge in [0.2, 0.25) is 5.89 Å². The highest BCUT2D eigenvalue weighted by atomic mass is 32.2. The van der Waals surface area contributed by atoms with Crippen LogP contribution in [0.1, 0.15) is 40.0 Å². The van der Waals surface area contributed by atoms with Gasteiger partial charge in [0.15, 0.2) is 0 Å².